The second-order valence-electron chi connectivity index (χ2n) is 3.59. The Morgan fingerprint density at radius 1 is 1.75 bits per heavy atom. The van der Waals surface area contributed by atoms with Crippen LogP contribution in [0.15, 0.2) is 0 Å². The van der Waals surface area contributed by atoms with E-state index in [1.54, 1.807) is 0 Å². The first-order chi connectivity index (χ1) is 5.28. The highest BCUT2D eigenvalue weighted by Gasteiger charge is 2.68. The smallest absolute Gasteiger partial charge is 0.320 e. The Balaban J connectivity index is 2.49. The summed E-state index contributed by atoms with van der Waals surface area (Å²) < 4.78 is 25.1. The van der Waals surface area contributed by atoms with Crippen LogP contribution in [0.4, 0.5) is 8.78 Å². The highest BCUT2D eigenvalue weighted by atomic mass is 19.3. The van der Waals surface area contributed by atoms with Gasteiger partial charge in [-0.2, -0.15) is 0 Å². The Morgan fingerprint density at radius 2 is 2.17 bits per heavy atom. The summed E-state index contributed by atoms with van der Waals surface area (Å²) in [6.45, 7) is 1.36. The molecule has 1 aliphatic carbocycles. The Kier molecular flexibility index (Phi) is 1.87. The van der Waals surface area contributed by atoms with Gasteiger partial charge in [0.05, 0.1) is 0 Å². The first-order valence-corrected chi connectivity index (χ1v) is 3.65. The van der Waals surface area contributed by atoms with E-state index < -0.39 is 23.3 Å². The summed E-state index contributed by atoms with van der Waals surface area (Å²) in [5.41, 5.74) is 3.94. The van der Waals surface area contributed by atoms with Gasteiger partial charge in [0.1, 0.15) is 6.04 Å². The molecule has 12 heavy (non-hydrogen) atoms. The second kappa shape index (κ2) is 2.39. The molecule has 0 aromatic carbocycles. The lowest BCUT2D eigenvalue weighted by Crippen LogP contribution is -2.33. The molecule has 0 spiro atoms. The predicted octanol–water partition coefficient (Wildman–Crippen LogP) is 0.834. The van der Waals surface area contributed by atoms with Gasteiger partial charge in [-0.05, 0) is 6.42 Å². The average molecular weight is 179 g/mol. The maximum Gasteiger partial charge on any atom is 0.320 e. The van der Waals surface area contributed by atoms with Gasteiger partial charge in [0.15, 0.2) is 0 Å². The second-order valence-corrected chi connectivity index (χ2v) is 3.59. The van der Waals surface area contributed by atoms with Crippen molar-refractivity contribution in [3.05, 3.63) is 0 Å². The van der Waals surface area contributed by atoms with Crippen molar-refractivity contribution in [2.24, 2.45) is 11.1 Å². The van der Waals surface area contributed by atoms with E-state index >= 15 is 0 Å². The van der Waals surface area contributed by atoms with Crippen molar-refractivity contribution in [2.45, 2.75) is 31.7 Å². The highest BCUT2D eigenvalue weighted by molar-refractivity contribution is 5.73. The molecule has 0 aromatic heterocycles. The number of hydrogen-bond acceptors (Lipinski definition) is 2. The topological polar surface area (TPSA) is 63.3 Å². The van der Waals surface area contributed by atoms with E-state index in [2.05, 4.69) is 0 Å². The first kappa shape index (κ1) is 9.38. The SMILES string of the molecule is CC1(C[C@H](N)C(=O)O)CC1(F)F. The minimum Gasteiger partial charge on any atom is -0.480 e. The molecule has 3 nitrogen and oxygen atoms in total. The van der Waals surface area contributed by atoms with Gasteiger partial charge in [-0.25, -0.2) is 8.78 Å². The van der Waals surface area contributed by atoms with Gasteiger partial charge in [0.25, 0.3) is 5.92 Å². The third-order valence-electron chi connectivity index (χ3n) is 2.36. The maximum absolute atomic E-state index is 12.6. The zero-order chi connectivity index (χ0) is 9.57. The quantitative estimate of drug-likeness (QED) is 0.674. The fourth-order valence-electron chi connectivity index (χ4n) is 1.24. The Morgan fingerprint density at radius 3 is 2.42 bits per heavy atom. The number of alkyl halides is 2. The molecule has 0 saturated heterocycles. The summed E-state index contributed by atoms with van der Waals surface area (Å²) >= 11 is 0. The van der Waals surface area contributed by atoms with Crippen molar-refractivity contribution < 1.29 is 18.7 Å². The third kappa shape index (κ3) is 1.41. The maximum atomic E-state index is 12.6. The number of carbonyl (C=O) groups is 1. The van der Waals surface area contributed by atoms with Crippen molar-refractivity contribution in [1.82, 2.24) is 0 Å². The fourth-order valence-corrected chi connectivity index (χ4v) is 1.24. The summed E-state index contributed by atoms with van der Waals surface area (Å²) in [4.78, 5) is 10.2. The largest absolute Gasteiger partial charge is 0.480 e. The number of carboxylic acid groups (broad SMARTS) is 1. The van der Waals surface area contributed by atoms with Crippen LogP contribution in [0.25, 0.3) is 0 Å². The van der Waals surface area contributed by atoms with Gasteiger partial charge in [-0.15, -0.1) is 0 Å². The molecule has 1 fully saturated rings. The van der Waals surface area contributed by atoms with Crippen LogP contribution in [-0.4, -0.2) is 23.0 Å². The van der Waals surface area contributed by atoms with Crippen molar-refractivity contribution in [1.29, 1.82) is 0 Å². The Hall–Kier alpha value is -0.710. The van der Waals surface area contributed by atoms with Gasteiger partial charge in [-0.1, -0.05) is 6.92 Å². The molecule has 0 aliphatic heterocycles. The third-order valence-corrected chi connectivity index (χ3v) is 2.36. The van der Waals surface area contributed by atoms with E-state index in [1.807, 2.05) is 0 Å². The van der Waals surface area contributed by atoms with Crippen LogP contribution in [0.2, 0.25) is 0 Å². The minimum absolute atomic E-state index is 0.157. The molecule has 1 saturated carbocycles. The molecule has 0 radical (unpaired) electrons. The number of halogens is 2. The summed E-state index contributed by atoms with van der Waals surface area (Å²) in [7, 11) is 0. The van der Waals surface area contributed by atoms with Crippen LogP contribution in [0.3, 0.4) is 0 Å². The minimum atomic E-state index is -2.72. The molecule has 0 amide bonds. The van der Waals surface area contributed by atoms with E-state index in [1.165, 1.54) is 6.92 Å². The van der Waals surface area contributed by atoms with Gasteiger partial charge >= 0.3 is 5.97 Å². The molecule has 0 bridgehead atoms. The number of aliphatic carboxylic acids is 1. The molecule has 70 valence electrons. The summed E-state index contributed by atoms with van der Waals surface area (Å²) in [5, 5.41) is 8.37. The van der Waals surface area contributed by atoms with E-state index in [-0.39, 0.29) is 12.8 Å². The lowest BCUT2D eigenvalue weighted by molar-refractivity contribution is -0.139. The van der Waals surface area contributed by atoms with E-state index in [0.29, 0.717) is 0 Å². The fraction of sp³-hybridized carbons (Fsp3) is 0.857. The van der Waals surface area contributed by atoms with E-state index in [9.17, 15) is 13.6 Å². The molecule has 0 aromatic rings. The number of hydrogen-bond donors (Lipinski definition) is 2. The Labute approximate surface area is 68.5 Å². The average Bonchev–Trinajstić information content (AvgIpc) is 2.30. The molecule has 5 heteroatoms. The molecule has 2 atom stereocenters. The van der Waals surface area contributed by atoms with Gasteiger partial charge in [0, 0.05) is 11.8 Å². The number of carboxylic acids is 1. The van der Waals surface area contributed by atoms with Gasteiger partial charge in [-0.3, -0.25) is 4.79 Å². The number of rotatable bonds is 3. The van der Waals surface area contributed by atoms with Gasteiger partial charge in [0.2, 0.25) is 0 Å². The van der Waals surface area contributed by atoms with E-state index in [4.69, 9.17) is 10.8 Å². The Bertz CT molecular complexity index is 219. The molecule has 0 heterocycles. The van der Waals surface area contributed by atoms with Crippen molar-refractivity contribution in [2.75, 3.05) is 0 Å². The first-order valence-electron chi connectivity index (χ1n) is 3.65. The monoisotopic (exact) mass is 179 g/mol. The van der Waals surface area contributed by atoms with Crippen LogP contribution in [0.5, 0.6) is 0 Å². The number of nitrogens with two attached hydrogens (primary N) is 1. The zero-order valence-electron chi connectivity index (χ0n) is 6.68. The molecular weight excluding hydrogens is 168 g/mol. The molecule has 1 unspecified atom stereocenters. The lowest BCUT2D eigenvalue weighted by Gasteiger charge is -2.12. The summed E-state index contributed by atoms with van der Waals surface area (Å²) in [6.07, 6.45) is -0.406. The lowest BCUT2D eigenvalue weighted by atomic mass is 9.99. The van der Waals surface area contributed by atoms with Crippen LogP contribution in [0, 0.1) is 5.41 Å². The van der Waals surface area contributed by atoms with E-state index in [0.717, 1.165) is 0 Å². The van der Waals surface area contributed by atoms with Crippen molar-refractivity contribution in [3.63, 3.8) is 0 Å². The summed E-state index contributed by atoms with van der Waals surface area (Å²) in [6, 6.07) is -1.18. The van der Waals surface area contributed by atoms with Crippen LogP contribution in [0.1, 0.15) is 19.8 Å². The molecule has 3 N–H and O–H groups in total. The molecule has 1 rings (SSSR count). The van der Waals surface area contributed by atoms with Crippen LogP contribution >= 0.6 is 0 Å². The van der Waals surface area contributed by atoms with Crippen LogP contribution < -0.4 is 5.73 Å². The standard InChI is InChI=1S/C7H11F2NO2/c1-6(3-7(6,8)9)2-4(10)5(11)12/h4H,2-3,10H2,1H3,(H,11,12)/t4-,6?/m0/s1. The zero-order valence-corrected chi connectivity index (χ0v) is 6.68. The summed E-state index contributed by atoms with van der Waals surface area (Å²) in [5.74, 6) is -3.95. The van der Waals surface area contributed by atoms with Crippen LogP contribution in [-0.2, 0) is 4.79 Å². The van der Waals surface area contributed by atoms with Crippen molar-refractivity contribution in [3.8, 4) is 0 Å². The normalized spacial score (nSPS) is 34.3. The molecule has 1 aliphatic rings. The predicted molar refractivity (Wildman–Crippen MR) is 37.9 cm³/mol. The highest BCUT2D eigenvalue weighted by Crippen LogP contribution is 2.62. The van der Waals surface area contributed by atoms with Crippen molar-refractivity contribution >= 4 is 5.97 Å². The molecular formula is C7H11F2NO2. The van der Waals surface area contributed by atoms with Gasteiger partial charge < -0.3 is 10.8 Å².